The van der Waals surface area contributed by atoms with Gasteiger partial charge in [0.15, 0.2) is 0 Å². The summed E-state index contributed by atoms with van der Waals surface area (Å²) in [5.41, 5.74) is 3.34. The Morgan fingerprint density at radius 2 is 1.32 bits per heavy atom. The predicted octanol–water partition coefficient (Wildman–Crippen LogP) is 4.54. The molecule has 0 aliphatic carbocycles. The first-order chi connectivity index (χ1) is 10.8. The van der Waals surface area contributed by atoms with Gasteiger partial charge in [0.05, 0.1) is 0 Å². The molecule has 0 atom stereocenters. The summed E-state index contributed by atoms with van der Waals surface area (Å²) in [6, 6.07) is 10.4. The van der Waals surface area contributed by atoms with Gasteiger partial charge in [-0.15, -0.1) is 0 Å². The third-order valence-corrected chi connectivity index (χ3v) is 5.50. The molecule has 124 valence electrons. The Bertz CT molecular complexity index is 384. The molecule has 3 nitrogen and oxygen atoms in total. The second-order valence-electron chi connectivity index (χ2n) is 5.24. The van der Waals surface area contributed by atoms with Crippen LogP contribution in [-0.4, -0.2) is 28.6 Å². The average molecular weight is 323 g/mol. The molecular formula is C18H30O3Si. The van der Waals surface area contributed by atoms with Crippen molar-refractivity contribution in [3.63, 3.8) is 0 Å². The first kappa shape index (κ1) is 19.1. The van der Waals surface area contributed by atoms with Crippen LogP contribution >= 0.6 is 0 Å². The van der Waals surface area contributed by atoms with E-state index in [1.165, 1.54) is 5.56 Å². The van der Waals surface area contributed by atoms with Crippen molar-refractivity contribution in [2.24, 2.45) is 0 Å². The summed E-state index contributed by atoms with van der Waals surface area (Å²) in [6.07, 6.45) is 5.89. The van der Waals surface area contributed by atoms with Crippen LogP contribution in [-0.2, 0) is 19.7 Å². The standard InChI is InChI=1S/C18H30O3Si/c1-4-14-19-22(20-15-5-2,21-16-6-3)17-10-13-18-11-8-7-9-12-18/h7-12,17H,4-6,13-16H2,1-3H3. The fourth-order valence-electron chi connectivity index (χ4n) is 1.96. The Balaban J connectivity index is 2.75. The van der Waals surface area contributed by atoms with Gasteiger partial charge in [0, 0.05) is 19.8 Å². The van der Waals surface area contributed by atoms with E-state index in [0.717, 1.165) is 25.7 Å². The highest BCUT2D eigenvalue weighted by Crippen LogP contribution is 2.15. The van der Waals surface area contributed by atoms with Gasteiger partial charge in [-0.2, -0.15) is 0 Å². The fraction of sp³-hybridized carbons (Fsp3) is 0.556. The predicted molar refractivity (Wildman–Crippen MR) is 93.8 cm³/mol. The van der Waals surface area contributed by atoms with Crippen LogP contribution in [0.25, 0.3) is 0 Å². The van der Waals surface area contributed by atoms with Crippen LogP contribution in [0.4, 0.5) is 0 Å². The molecule has 0 aliphatic rings. The molecule has 4 heteroatoms. The topological polar surface area (TPSA) is 27.7 Å². The zero-order valence-electron chi connectivity index (χ0n) is 14.2. The van der Waals surface area contributed by atoms with E-state index in [9.17, 15) is 0 Å². The van der Waals surface area contributed by atoms with Crippen LogP contribution < -0.4 is 0 Å². The zero-order chi connectivity index (χ0) is 16.1. The van der Waals surface area contributed by atoms with E-state index < -0.39 is 8.80 Å². The van der Waals surface area contributed by atoms with Crippen molar-refractivity contribution in [3.8, 4) is 0 Å². The molecule has 0 fully saturated rings. The average Bonchev–Trinajstić information content (AvgIpc) is 2.57. The molecule has 0 saturated heterocycles. The quantitative estimate of drug-likeness (QED) is 0.529. The maximum Gasteiger partial charge on any atom is 0.529 e. The third kappa shape index (κ3) is 7.36. The first-order valence-corrected chi connectivity index (χ1v) is 10.2. The van der Waals surface area contributed by atoms with Gasteiger partial charge >= 0.3 is 8.80 Å². The van der Waals surface area contributed by atoms with E-state index in [2.05, 4.69) is 56.8 Å². The van der Waals surface area contributed by atoms with Gasteiger partial charge in [0.2, 0.25) is 0 Å². The van der Waals surface area contributed by atoms with Crippen molar-refractivity contribution < 1.29 is 13.3 Å². The van der Waals surface area contributed by atoms with Crippen LogP contribution in [0.3, 0.4) is 0 Å². The van der Waals surface area contributed by atoms with Crippen molar-refractivity contribution in [1.29, 1.82) is 0 Å². The number of allylic oxidation sites excluding steroid dienone is 1. The highest BCUT2D eigenvalue weighted by Gasteiger charge is 2.38. The highest BCUT2D eigenvalue weighted by molar-refractivity contribution is 6.66. The lowest BCUT2D eigenvalue weighted by Gasteiger charge is -2.26. The molecule has 1 aromatic carbocycles. The van der Waals surface area contributed by atoms with E-state index in [-0.39, 0.29) is 0 Å². The smallest absolute Gasteiger partial charge is 0.370 e. The van der Waals surface area contributed by atoms with Gasteiger partial charge in [0.1, 0.15) is 0 Å². The molecule has 0 unspecified atom stereocenters. The maximum absolute atomic E-state index is 6.03. The Hall–Kier alpha value is -0.943. The minimum Gasteiger partial charge on any atom is -0.370 e. The Morgan fingerprint density at radius 3 is 1.77 bits per heavy atom. The maximum atomic E-state index is 6.03. The molecule has 0 spiro atoms. The molecule has 0 amide bonds. The summed E-state index contributed by atoms with van der Waals surface area (Å²) in [5, 5.41) is 0. The summed E-state index contributed by atoms with van der Waals surface area (Å²) >= 11 is 0. The summed E-state index contributed by atoms with van der Waals surface area (Å²) < 4.78 is 18.1. The van der Waals surface area contributed by atoms with Crippen molar-refractivity contribution in [2.75, 3.05) is 19.8 Å². The molecule has 0 radical (unpaired) electrons. The minimum absolute atomic E-state index is 0.676. The van der Waals surface area contributed by atoms with E-state index in [4.69, 9.17) is 13.3 Å². The van der Waals surface area contributed by atoms with Gasteiger partial charge in [0.25, 0.3) is 0 Å². The summed E-state index contributed by atoms with van der Waals surface area (Å²) in [7, 11) is -2.69. The molecule has 0 N–H and O–H groups in total. The fourth-order valence-corrected chi connectivity index (χ4v) is 4.37. The molecule has 0 saturated carbocycles. The second kappa shape index (κ2) is 11.6. The molecule has 0 aromatic heterocycles. The minimum atomic E-state index is -2.69. The Labute approximate surface area is 136 Å². The van der Waals surface area contributed by atoms with Gasteiger partial charge < -0.3 is 13.3 Å². The van der Waals surface area contributed by atoms with Crippen molar-refractivity contribution >= 4 is 8.80 Å². The number of benzene rings is 1. The van der Waals surface area contributed by atoms with Crippen LogP contribution in [0.5, 0.6) is 0 Å². The van der Waals surface area contributed by atoms with Crippen LogP contribution in [0, 0.1) is 0 Å². The first-order valence-electron chi connectivity index (χ1n) is 8.39. The zero-order valence-corrected chi connectivity index (χ0v) is 15.2. The highest BCUT2D eigenvalue weighted by atomic mass is 28.4. The number of hydrogen-bond donors (Lipinski definition) is 0. The van der Waals surface area contributed by atoms with Gasteiger partial charge in [-0.1, -0.05) is 57.2 Å². The summed E-state index contributed by atoms with van der Waals surface area (Å²) in [4.78, 5) is 0. The Kier molecular flexibility index (Phi) is 10.1. The molecule has 0 heterocycles. The van der Waals surface area contributed by atoms with E-state index in [0.29, 0.717) is 19.8 Å². The summed E-state index contributed by atoms with van der Waals surface area (Å²) in [5.74, 6) is 0. The number of hydrogen-bond acceptors (Lipinski definition) is 3. The second-order valence-corrected chi connectivity index (χ2v) is 7.65. The molecule has 1 aromatic rings. The lowest BCUT2D eigenvalue weighted by molar-refractivity contribution is 0.0715. The molecular weight excluding hydrogens is 292 g/mol. The van der Waals surface area contributed by atoms with Crippen molar-refractivity contribution in [3.05, 3.63) is 47.7 Å². The molecule has 0 bridgehead atoms. The Morgan fingerprint density at radius 1 is 0.818 bits per heavy atom. The third-order valence-electron chi connectivity index (χ3n) is 3.04. The van der Waals surface area contributed by atoms with Gasteiger partial charge in [-0.25, -0.2) is 0 Å². The lowest BCUT2D eigenvalue weighted by Crippen LogP contribution is -2.45. The largest absolute Gasteiger partial charge is 0.529 e. The lowest BCUT2D eigenvalue weighted by atomic mass is 10.2. The molecule has 22 heavy (non-hydrogen) atoms. The van der Waals surface area contributed by atoms with Crippen LogP contribution in [0.15, 0.2) is 42.1 Å². The number of rotatable bonds is 12. The monoisotopic (exact) mass is 322 g/mol. The summed E-state index contributed by atoms with van der Waals surface area (Å²) in [6.45, 7) is 8.34. The van der Waals surface area contributed by atoms with E-state index in [1.807, 2.05) is 6.07 Å². The van der Waals surface area contributed by atoms with Gasteiger partial charge in [-0.3, -0.25) is 0 Å². The van der Waals surface area contributed by atoms with Crippen LogP contribution in [0.2, 0.25) is 0 Å². The molecule has 0 aliphatic heterocycles. The van der Waals surface area contributed by atoms with Gasteiger partial charge in [-0.05, 0) is 36.9 Å². The van der Waals surface area contributed by atoms with Crippen molar-refractivity contribution in [2.45, 2.75) is 46.5 Å². The van der Waals surface area contributed by atoms with Crippen molar-refractivity contribution in [1.82, 2.24) is 0 Å². The molecule has 1 rings (SSSR count). The van der Waals surface area contributed by atoms with E-state index in [1.54, 1.807) is 0 Å². The SMILES string of the molecule is CCCO[Si](C=CCc1ccccc1)(OCCC)OCCC. The normalized spacial score (nSPS) is 12.1. The van der Waals surface area contributed by atoms with Crippen LogP contribution in [0.1, 0.15) is 45.6 Å². The van der Waals surface area contributed by atoms with E-state index >= 15 is 0 Å².